The molecule has 0 aliphatic heterocycles. The largest absolute Gasteiger partial charge is 0.268 e. The van der Waals surface area contributed by atoms with Gasteiger partial charge in [0.15, 0.2) is 5.16 Å². The lowest BCUT2D eigenvalue weighted by atomic mass is 10.1. The van der Waals surface area contributed by atoms with Crippen molar-refractivity contribution in [3.05, 3.63) is 63.9 Å². The zero-order chi connectivity index (χ0) is 17.3. The standard InChI is InChI=1S/C20H22N2OS/c1-13(2)12-24-20-21-17-8-6-5-7-16(17)19(23)22(20)18-10-9-14(3)11-15(18)4/h5-11,13H,12H2,1-4H3. The van der Waals surface area contributed by atoms with Gasteiger partial charge >= 0.3 is 0 Å². The van der Waals surface area contributed by atoms with Crippen LogP contribution in [0.2, 0.25) is 0 Å². The predicted octanol–water partition coefficient (Wildman–Crippen LogP) is 4.75. The van der Waals surface area contributed by atoms with E-state index in [4.69, 9.17) is 4.98 Å². The summed E-state index contributed by atoms with van der Waals surface area (Å²) in [5.41, 5.74) is 3.94. The number of fused-ring (bicyclic) bond motifs is 1. The molecule has 4 heteroatoms. The number of aromatic nitrogens is 2. The lowest BCUT2D eigenvalue weighted by molar-refractivity contribution is 0.742. The lowest BCUT2D eigenvalue weighted by Gasteiger charge is -2.16. The van der Waals surface area contributed by atoms with Gasteiger partial charge in [0.25, 0.3) is 5.56 Å². The van der Waals surface area contributed by atoms with E-state index in [0.29, 0.717) is 11.3 Å². The summed E-state index contributed by atoms with van der Waals surface area (Å²) in [5, 5.41) is 1.42. The minimum Gasteiger partial charge on any atom is -0.268 e. The molecule has 0 unspecified atom stereocenters. The number of rotatable bonds is 4. The van der Waals surface area contributed by atoms with E-state index < -0.39 is 0 Å². The molecule has 2 aromatic carbocycles. The van der Waals surface area contributed by atoms with Gasteiger partial charge in [0.2, 0.25) is 0 Å². The SMILES string of the molecule is Cc1ccc(-n2c(SCC(C)C)nc3ccccc3c2=O)c(C)c1. The smallest absolute Gasteiger partial charge is 0.266 e. The highest BCUT2D eigenvalue weighted by Gasteiger charge is 2.15. The Labute approximate surface area is 146 Å². The zero-order valence-corrected chi connectivity index (χ0v) is 15.4. The number of thioether (sulfide) groups is 1. The molecule has 0 saturated carbocycles. The summed E-state index contributed by atoms with van der Waals surface area (Å²) < 4.78 is 1.77. The molecular formula is C20H22N2OS. The van der Waals surface area contributed by atoms with E-state index in [1.807, 2.05) is 43.3 Å². The molecule has 3 nitrogen and oxygen atoms in total. The van der Waals surface area contributed by atoms with Crippen LogP contribution in [0.25, 0.3) is 16.6 Å². The first-order valence-corrected chi connectivity index (χ1v) is 9.18. The Bertz CT molecular complexity index is 944. The van der Waals surface area contributed by atoms with Crippen LogP contribution in [0.1, 0.15) is 25.0 Å². The Morgan fingerprint density at radius 1 is 1.12 bits per heavy atom. The second-order valence-corrected chi connectivity index (χ2v) is 7.53. The van der Waals surface area contributed by atoms with Crippen LogP contribution in [0.3, 0.4) is 0 Å². The molecule has 0 saturated heterocycles. The number of benzene rings is 2. The topological polar surface area (TPSA) is 34.9 Å². The van der Waals surface area contributed by atoms with Crippen molar-refractivity contribution in [2.24, 2.45) is 5.92 Å². The maximum absolute atomic E-state index is 13.1. The maximum atomic E-state index is 13.1. The van der Waals surface area contributed by atoms with E-state index >= 15 is 0 Å². The number of aryl methyl sites for hydroxylation is 2. The van der Waals surface area contributed by atoms with Crippen molar-refractivity contribution in [1.82, 2.24) is 9.55 Å². The fraction of sp³-hybridized carbons (Fsp3) is 0.300. The van der Waals surface area contributed by atoms with E-state index in [-0.39, 0.29) is 5.56 Å². The van der Waals surface area contributed by atoms with Gasteiger partial charge in [-0.15, -0.1) is 0 Å². The molecule has 1 aromatic heterocycles. The second-order valence-electron chi connectivity index (χ2n) is 6.55. The third kappa shape index (κ3) is 3.24. The molecule has 0 bridgehead atoms. The molecule has 124 valence electrons. The average Bonchev–Trinajstić information content (AvgIpc) is 2.54. The van der Waals surface area contributed by atoms with Gasteiger partial charge in [0.1, 0.15) is 0 Å². The van der Waals surface area contributed by atoms with Gasteiger partial charge in [-0.25, -0.2) is 4.98 Å². The van der Waals surface area contributed by atoms with Crippen molar-refractivity contribution in [1.29, 1.82) is 0 Å². The molecule has 3 aromatic rings. The highest BCUT2D eigenvalue weighted by molar-refractivity contribution is 7.99. The van der Waals surface area contributed by atoms with Gasteiger partial charge in [0.05, 0.1) is 16.6 Å². The monoisotopic (exact) mass is 338 g/mol. The molecule has 1 heterocycles. The van der Waals surface area contributed by atoms with Crippen LogP contribution in [0.15, 0.2) is 52.4 Å². The minimum absolute atomic E-state index is 0.00110. The van der Waals surface area contributed by atoms with E-state index in [1.54, 1.807) is 16.3 Å². The van der Waals surface area contributed by atoms with Gasteiger partial charge in [0, 0.05) is 5.75 Å². The van der Waals surface area contributed by atoms with E-state index in [2.05, 4.69) is 26.8 Å². The Hall–Kier alpha value is -2.07. The molecule has 0 spiro atoms. The van der Waals surface area contributed by atoms with Gasteiger partial charge in [-0.05, 0) is 43.5 Å². The molecule has 0 atom stereocenters. The van der Waals surface area contributed by atoms with Crippen molar-refractivity contribution in [3.63, 3.8) is 0 Å². The Morgan fingerprint density at radius 2 is 1.88 bits per heavy atom. The van der Waals surface area contributed by atoms with E-state index in [9.17, 15) is 4.79 Å². The zero-order valence-electron chi connectivity index (χ0n) is 14.5. The van der Waals surface area contributed by atoms with Crippen LogP contribution in [-0.4, -0.2) is 15.3 Å². The Kier molecular flexibility index (Phi) is 4.76. The summed E-state index contributed by atoms with van der Waals surface area (Å²) in [4.78, 5) is 17.9. The molecule has 3 rings (SSSR count). The quantitative estimate of drug-likeness (QED) is 0.508. The first kappa shape index (κ1) is 16.8. The Balaban J connectivity index is 2.28. The Morgan fingerprint density at radius 3 is 2.58 bits per heavy atom. The average molecular weight is 338 g/mol. The van der Waals surface area contributed by atoms with E-state index in [1.165, 1.54) is 5.56 Å². The summed E-state index contributed by atoms with van der Waals surface area (Å²) in [6.45, 7) is 8.45. The van der Waals surface area contributed by atoms with Crippen LogP contribution in [-0.2, 0) is 0 Å². The molecule has 24 heavy (non-hydrogen) atoms. The number of hydrogen-bond acceptors (Lipinski definition) is 3. The van der Waals surface area contributed by atoms with Crippen molar-refractivity contribution < 1.29 is 0 Å². The van der Waals surface area contributed by atoms with Crippen molar-refractivity contribution in [3.8, 4) is 5.69 Å². The summed E-state index contributed by atoms with van der Waals surface area (Å²) in [6.07, 6.45) is 0. The molecule has 0 aliphatic carbocycles. The highest BCUT2D eigenvalue weighted by atomic mass is 32.2. The minimum atomic E-state index is -0.00110. The van der Waals surface area contributed by atoms with Crippen molar-refractivity contribution in [2.75, 3.05) is 5.75 Å². The predicted molar refractivity (Wildman–Crippen MR) is 102 cm³/mol. The first-order valence-electron chi connectivity index (χ1n) is 8.19. The number of para-hydroxylation sites is 1. The third-order valence-electron chi connectivity index (χ3n) is 3.88. The van der Waals surface area contributed by atoms with Crippen molar-refractivity contribution >= 4 is 22.7 Å². The number of nitrogens with zero attached hydrogens (tertiary/aromatic N) is 2. The summed E-state index contributed by atoms with van der Waals surface area (Å²) >= 11 is 1.64. The first-order chi connectivity index (χ1) is 11.5. The number of hydrogen-bond donors (Lipinski definition) is 0. The van der Waals surface area contributed by atoms with Crippen LogP contribution in [0, 0.1) is 19.8 Å². The van der Waals surface area contributed by atoms with Crippen LogP contribution in [0.5, 0.6) is 0 Å². The fourth-order valence-electron chi connectivity index (χ4n) is 2.72. The van der Waals surface area contributed by atoms with Gasteiger partial charge in [-0.3, -0.25) is 9.36 Å². The van der Waals surface area contributed by atoms with Crippen LogP contribution < -0.4 is 5.56 Å². The highest BCUT2D eigenvalue weighted by Crippen LogP contribution is 2.25. The van der Waals surface area contributed by atoms with E-state index in [0.717, 1.165) is 27.7 Å². The molecular weight excluding hydrogens is 316 g/mol. The molecule has 0 radical (unpaired) electrons. The van der Waals surface area contributed by atoms with Gasteiger partial charge < -0.3 is 0 Å². The second kappa shape index (κ2) is 6.81. The maximum Gasteiger partial charge on any atom is 0.266 e. The molecule has 0 aliphatic rings. The molecule has 0 N–H and O–H groups in total. The fourth-order valence-corrected chi connectivity index (χ4v) is 3.67. The summed E-state index contributed by atoms with van der Waals surface area (Å²) in [5.74, 6) is 1.46. The summed E-state index contributed by atoms with van der Waals surface area (Å²) in [6, 6.07) is 13.7. The summed E-state index contributed by atoms with van der Waals surface area (Å²) in [7, 11) is 0. The van der Waals surface area contributed by atoms with Crippen LogP contribution >= 0.6 is 11.8 Å². The van der Waals surface area contributed by atoms with Gasteiger partial charge in [-0.1, -0.05) is 55.4 Å². The normalized spacial score (nSPS) is 11.4. The van der Waals surface area contributed by atoms with Gasteiger partial charge in [-0.2, -0.15) is 0 Å². The van der Waals surface area contributed by atoms with Crippen LogP contribution in [0.4, 0.5) is 0 Å². The third-order valence-corrected chi connectivity index (χ3v) is 5.25. The molecule has 0 amide bonds. The molecule has 0 fully saturated rings. The van der Waals surface area contributed by atoms with Crippen molar-refractivity contribution in [2.45, 2.75) is 32.9 Å². The lowest BCUT2D eigenvalue weighted by Crippen LogP contribution is -2.22.